The topological polar surface area (TPSA) is 46.5 Å². The Morgan fingerprint density at radius 3 is 2.48 bits per heavy atom. The van der Waals surface area contributed by atoms with Crippen molar-refractivity contribution in [2.75, 3.05) is 6.61 Å². The second kappa shape index (κ2) is 9.79. The molecule has 0 amide bonds. The summed E-state index contributed by atoms with van der Waals surface area (Å²) < 4.78 is 19.2. The van der Waals surface area contributed by atoms with E-state index in [1.807, 2.05) is 0 Å². The predicted octanol–water partition coefficient (Wildman–Crippen LogP) is 5.89. The fourth-order valence-corrected chi connectivity index (χ4v) is 3.82. The van der Waals surface area contributed by atoms with E-state index in [1.54, 1.807) is 6.92 Å². The number of hydrogen-bond donors (Lipinski definition) is 1. The van der Waals surface area contributed by atoms with Crippen molar-refractivity contribution in [1.82, 2.24) is 0 Å². The quantitative estimate of drug-likeness (QED) is 0.446. The van der Waals surface area contributed by atoms with Crippen LogP contribution in [0, 0.1) is 17.7 Å². The Labute approximate surface area is 150 Å². The van der Waals surface area contributed by atoms with Crippen molar-refractivity contribution in [1.29, 1.82) is 0 Å². The smallest absolute Gasteiger partial charge is 0.207 e. The Morgan fingerprint density at radius 2 is 1.84 bits per heavy atom. The van der Waals surface area contributed by atoms with E-state index in [2.05, 4.69) is 6.92 Å². The normalized spacial score (nSPS) is 20.4. The van der Waals surface area contributed by atoms with Crippen molar-refractivity contribution in [3.8, 4) is 11.5 Å². The van der Waals surface area contributed by atoms with Crippen LogP contribution < -0.4 is 4.74 Å². The Hall–Kier alpha value is -1.58. The molecule has 0 unspecified atom stereocenters. The molecule has 1 N–H and O–H groups in total. The van der Waals surface area contributed by atoms with Crippen LogP contribution in [0.5, 0.6) is 11.5 Å². The summed E-state index contributed by atoms with van der Waals surface area (Å²) in [5, 5.41) is 9.99. The molecule has 4 heteroatoms. The summed E-state index contributed by atoms with van der Waals surface area (Å²) in [6.07, 6.45) is 10.1. The van der Waals surface area contributed by atoms with E-state index in [-0.39, 0.29) is 17.1 Å². The van der Waals surface area contributed by atoms with E-state index in [1.165, 1.54) is 50.7 Å². The molecule has 3 nitrogen and oxygen atoms in total. The monoisotopic (exact) mass is 350 g/mol. The number of halogens is 1. The number of ether oxygens (including phenoxy) is 1. The number of phenolic OH excluding ortho intramolecular Hbond substituents is 1. The van der Waals surface area contributed by atoms with Crippen molar-refractivity contribution >= 4 is 5.78 Å². The lowest BCUT2D eigenvalue weighted by Gasteiger charge is -2.28. The third kappa shape index (κ3) is 5.45. The van der Waals surface area contributed by atoms with Crippen LogP contribution >= 0.6 is 0 Å². The number of ketones is 1. The fourth-order valence-electron chi connectivity index (χ4n) is 3.82. The molecule has 1 aliphatic carbocycles. The molecule has 0 saturated heterocycles. The maximum atomic E-state index is 14.1. The lowest BCUT2D eigenvalue weighted by Crippen LogP contribution is -2.18. The zero-order valence-corrected chi connectivity index (χ0v) is 15.5. The van der Waals surface area contributed by atoms with Gasteiger partial charge in [-0.25, -0.2) is 0 Å². The van der Waals surface area contributed by atoms with E-state index < -0.39 is 11.6 Å². The van der Waals surface area contributed by atoms with E-state index in [0.717, 1.165) is 18.8 Å². The Bertz CT molecular complexity index is 563. The fraction of sp³-hybridized carbons (Fsp3) is 0.667. The second-order valence-corrected chi connectivity index (χ2v) is 7.22. The number of unbranched alkanes of at least 4 members (excludes halogenated alkanes) is 2. The van der Waals surface area contributed by atoms with E-state index in [0.29, 0.717) is 18.9 Å². The highest BCUT2D eigenvalue weighted by atomic mass is 19.1. The highest BCUT2D eigenvalue weighted by Gasteiger charge is 2.25. The standard InChI is InChI=1S/C21H31FO3/c1-3-5-6-7-15-8-10-16(11-9-15)14-18(23)17-12-13-19(25-4-2)20(22)21(17)24/h12-13,15-16,24H,3-11,14H2,1-2H3. The molecule has 0 radical (unpaired) electrons. The van der Waals surface area contributed by atoms with Gasteiger partial charge in [-0.2, -0.15) is 4.39 Å². The van der Waals surface area contributed by atoms with Crippen molar-refractivity contribution < 1.29 is 19.0 Å². The first-order chi connectivity index (χ1) is 12.1. The van der Waals surface area contributed by atoms with Gasteiger partial charge in [-0.3, -0.25) is 4.79 Å². The molecule has 0 aromatic heterocycles. The number of carbonyl (C=O) groups excluding carboxylic acids is 1. The molecule has 0 spiro atoms. The number of hydrogen-bond acceptors (Lipinski definition) is 3. The number of phenols is 1. The number of Topliss-reactive ketones (excluding diaryl/α,β-unsaturated/α-hetero) is 1. The lowest BCUT2D eigenvalue weighted by molar-refractivity contribution is 0.0938. The van der Waals surface area contributed by atoms with Crippen LogP contribution in [0.2, 0.25) is 0 Å². The molecular weight excluding hydrogens is 319 g/mol. The molecule has 1 aliphatic rings. The van der Waals surface area contributed by atoms with Crippen LogP contribution in [0.15, 0.2) is 12.1 Å². The van der Waals surface area contributed by atoms with Crippen molar-refractivity contribution in [3.63, 3.8) is 0 Å². The minimum absolute atomic E-state index is 0.0101. The van der Waals surface area contributed by atoms with Gasteiger partial charge < -0.3 is 9.84 Å². The minimum Gasteiger partial charge on any atom is -0.504 e. The van der Waals surface area contributed by atoms with Crippen LogP contribution in [0.4, 0.5) is 4.39 Å². The van der Waals surface area contributed by atoms with Gasteiger partial charge in [0.15, 0.2) is 17.3 Å². The summed E-state index contributed by atoms with van der Waals surface area (Å²) in [6, 6.07) is 2.90. The van der Waals surface area contributed by atoms with E-state index in [4.69, 9.17) is 4.74 Å². The third-order valence-corrected chi connectivity index (χ3v) is 5.34. The first-order valence-corrected chi connectivity index (χ1v) is 9.74. The third-order valence-electron chi connectivity index (χ3n) is 5.34. The largest absolute Gasteiger partial charge is 0.504 e. The molecule has 1 saturated carbocycles. The molecule has 1 fully saturated rings. The van der Waals surface area contributed by atoms with Crippen LogP contribution in [0.3, 0.4) is 0 Å². The summed E-state index contributed by atoms with van der Waals surface area (Å²) >= 11 is 0. The summed E-state index contributed by atoms with van der Waals surface area (Å²) in [5.41, 5.74) is 0.0750. The summed E-state index contributed by atoms with van der Waals surface area (Å²) in [4.78, 5) is 12.5. The number of aromatic hydroxyl groups is 1. The van der Waals surface area contributed by atoms with Gasteiger partial charge in [0.25, 0.3) is 0 Å². The van der Waals surface area contributed by atoms with E-state index in [9.17, 15) is 14.3 Å². The Morgan fingerprint density at radius 1 is 1.16 bits per heavy atom. The molecular formula is C21H31FO3. The van der Waals surface area contributed by atoms with Crippen LogP contribution in [0.1, 0.15) is 82.0 Å². The molecule has 2 rings (SSSR count). The molecule has 25 heavy (non-hydrogen) atoms. The summed E-state index contributed by atoms with van der Waals surface area (Å²) in [5.74, 6) is -0.451. The van der Waals surface area contributed by atoms with Gasteiger partial charge in [-0.15, -0.1) is 0 Å². The SMILES string of the molecule is CCCCCC1CCC(CC(=O)c2ccc(OCC)c(F)c2O)CC1. The lowest BCUT2D eigenvalue weighted by atomic mass is 9.77. The highest BCUT2D eigenvalue weighted by Crippen LogP contribution is 2.36. The summed E-state index contributed by atoms with van der Waals surface area (Å²) in [6.45, 7) is 4.28. The molecule has 0 aliphatic heterocycles. The predicted molar refractivity (Wildman–Crippen MR) is 97.8 cm³/mol. The van der Waals surface area contributed by atoms with Crippen molar-refractivity contribution in [2.24, 2.45) is 11.8 Å². The number of benzene rings is 1. The van der Waals surface area contributed by atoms with Crippen molar-refractivity contribution in [2.45, 2.75) is 71.6 Å². The van der Waals surface area contributed by atoms with Crippen LogP contribution in [-0.4, -0.2) is 17.5 Å². The minimum atomic E-state index is -0.840. The van der Waals surface area contributed by atoms with E-state index >= 15 is 0 Å². The average molecular weight is 350 g/mol. The second-order valence-electron chi connectivity index (χ2n) is 7.22. The van der Waals surface area contributed by atoms with Gasteiger partial charge in [0.1, 0.15) is 0 Å². The summed E-state index contributed by atoms with van der Waals surface area (Å²) in [7, 11) is 0. The molecule has 0 heterocycles. The van der Waals surface area contributed by atoms with Crippen LogP contribution in [-0.2, 0) is 0 Å². The van der Waals surface area contributed by atoms with Gasteiger partial charge in [0.2, 0.25) is 5.82 Å². The first-order valence-electron chi connectivity index (χ1n) is 9.74. The van der Waals surface area contributed by atoms with Gasteiger partial charge in [0, 0.05) is 6.42 Å². The van der Waals surface area contributed by atoms with Gasteiger partial charge in [-0.05, 0) is 43.7 Å². The molecule has 0 atom stereocenters. The maximum absolute atomic E-state index is 14.1. The zero-order valence-electron chi connectivity index (χ0n) is 15.5. The molecule has 140 valence electrons. The van der Waals surface area contributed by atoms with Crippen LogP contribution in [0.25, 0.3) is 0 Å². The Kier molecular flexibility index (Phi) is 7.73. The Balaban J connectivity index is 1.88. The average Bonchev–Trinajstić information content (AvgIpc) is 2.61. The molecule has 1 aromatic rings. The van der Waals surface area contributed by atoms with Gasteiger partial charge in [0.05, 0.1) is 12.2 Å². The maximum Gasteiger partial charge on any atom is 0.207 e. The van der Waals surface area contributed by atoms with Crippen molar-refractivity contribution in [3.05, 3.63) is 23.5 Å². The number of rotatable bonds is 9. The molecule has 0 bridgehead atoms. The van der Waals surface area contributed by atoms with Gasteiger partial charge in [-0.1, -0.05) is 45.4 Å². The molecule has 1 aromatic carbocycles. The number of carbonyl (C=O) groups is 1. The highest BCUT2D eigenvalue weighted by molar-refractivity contribution is 5.99. The first kappa shape index (κ1) is 19.7. The van der Waals surface area contributed by atoms with Gasteiger partial charge >= 0.3 is 0 Å². The zero-order chi connectivity index (χ0) is 18.2.